The Morgan fingerprint density at radius 3 is 2.47 bits per heavy atom. The van der Waals surface area contributed by atoms with Crippen LogP contribution >= 0.6 is 0 Å². The topological polar surface area (TPSA) is 52.9 Å². The first-order chi connectivity index (χ1) is 15.5. The van der Waals surface area contributed by atoms with Crippen molar-refractivity contribution in [3.05, 3.63) is 83.9 Å². The second kappa shape index (κ2) is 9.54. The number of benzene rings is 2. The van der Waals surface area contributed by atoms with Crippen LogP contribution in [0.15, 0.2) is 67.0 Å². The predicted molar refractivity (Wildman–Crippen MR) is 120 cm³/mol. The summed E-state index contributed by atoms with van der Waals surface area (Å²) in [5.41, 5.74) is 1.88. The fourth-order valence-electron chi connectivity index (χ4n) is 3.95. The molecule has 1 fully saturated rings. The van der Waals surface area contributed by atoms with Crippen molar-refractivity contribution in [2.24, 2.45) is 0 Å². The van der Waals surface area contributed by atoms with E-state index >= 15 is 0 Å². The van der Waals surface area contributed by atoms with Crippen LogP contribution in [0, 0.1) is 5.82 Å². The molecule has 6 nitrogen and oxygen atoms in total. The summed E-state index contributed by atoms with van der Waals surface area (Å²) in [6, 6.07) is 15.7. The molecule has 1 aliphatic heterocycles. The molecule has 1 amide bonds. The van der Waals surface area contributed by atoms with E-state index < -0.39 is 5.60 Å². The van der Waals surface area contributed by atoms with Gasteiger partial charge >= 0.3 is 6.03 Å². The fourth-order valence-corrected chi connectivity index (χ4v) is 3.95. The maximum atomic E-state index is 14.3. The van der Waals surface area contributed by atoms with E-state index in [4.69, 9.17) is 14.2 Å². The van der Waals surface area contributed by atoms with Gasteiger partial charge in [0.05, 0.1) is 5.60 Å². The summed E-state index contributed by atoms with van der Waals surface area (Å²) in [7, 11) is 3.38. The van der Waals surface area contributed by atoms with Gasteiger partial charge in [-0.05, 0) is 47.5 Å². The van der Waals surface area contributed by atoms with Crippen LogP contribution in [0.5, 0.6) is 5.75 Å². The van der Waals surface area contributed by atoms with E-state index in [1.54, 1.807) is 43.6 Å². The first-order valence-corrected chi connectivity index (χ1v) is 10.6. The Bertz CT molecular complexity index is 1040. The van der Waals surface area contributed by atoms with Crippen molar-refractivity contribution in [3.8, 4) is 5.75 Å². The van der Waals surface area contributed by atoms with Gasteiger partial charge in [0, 0.05) is 64.4 Å². The molecular weight excluding hydrogens is 411 g/mol. The third-order valence-corrected chi connectivity index (χ3v) is 5.93. The molecule has 0 atom stereocenters. The Kier molecular flexibility index (Phi) is 6.58. The first-order valence-electron chi connectivity index (χ1n) is 10.6. The summed E-state index contributed by atoms with van der Waals surface area (Å²) in [6.07, 6.45) is 4.76. The molecule has 3 aromatic rings. The highest BCUT2D eigenvalue weighted by molar-refractivity contribution is 5.93. The largest absolute Gasteiger partial charge is 0.489 e. The van der Waals surface area contributed by atoms with E-state index in [-0.39, 0.29) is 18.5 Å². The number of methoxy groups -OCH3 is 1. The van der Waals surface area contributed by atoms with Gasteiger partial charge in [0.1, 0.15) is 18.2 Å². The van der Waals surface area contributed by atoms with Crippen LogP contribution in [0.2, 0.25) is 0 Å². The maximum Gasteiger partial charge on any atom is 0.332 e. The molecule has 32 heavy (non-hydrogen) atoms. The molecule has 7 heteroatoms. The smallest absolute Gasteiger partial charge is 0.332 e. The molecule has 0 radical (unpaired) electrons. The average molecular weight is 438 g/mol. The van der Waals surface area contributed by atoms with Gasteiger partial charge in [-0.25, -0.2) is 9.18 Å². The van der Waals surface area contributed by atoms with Crippen molar-refractivity contribution in [2.75, 3.05) is 32.3 Å². The number of carbonyl (C=O) groups is 1. The van der Waals surface area contributed by atoms with Gasteiger partial charge in [0.25, 0.3) is 0 Å². The van der Waals surface area contributed by atoms with Crippen LogP contribution in [0.25, 0.3) is 0 Å². The van der Waals surface area contributed by atoms with Gasteiger partial charge in [-0.2, -0.15) is 0 Å². The third kappa shape index (κ3) is 4.69. The summed E-state index contributed by atoms with van der Waals surface area (Å²) >= 11 is 0. The lowest BCUT2D eigenvalue weighted by molar-refractivity contribution is -0.0950. The normalized spacial score (nSPS) is 15.3. The predicted octanol–water partition coefficient (Wildman–Crippen LogP) is 4.96. The lowest BCUT2D eigenvalue weighted by atomic mass is 9.86. The Morgan fingerprint density at radius 1 is 1.12 bits per heavy atom. The lowest BCUT2D eigenvalue weighted by Gasteiger charge is -2.36. The Balaban J connectivity index is 1.43. The van der Waals surface area contributed by atoms with Gasteiger partial charge < -0.3 is 14.2 Å². The van der Waals surface area contributed by atoms with Crippen LogP contribution < -0.4 is 9.64 Å². The van der Waals surface area contributed by atoms with Gasteiger partial charge in [-0.15, -0.1) is 0 Å². The number of carbonyl (C=O) groups excluding carboxylic acids is 1. The Morgan fingerprint density at radius 2 is 1.81 bits per heavy atom. The molecule has 2 heterocycles. The number of nitrogens with zero attached hydrogens (tertiary/aromatic N) is 2. The van der Waals surface area contributed by atoms with E-state index in [1.807, 2.05) is 30.3 Å². The number of amides is 1. The summed E-state index contributed by atoms with van der Waals surface area (Å²) < 4.78 is 33.0. The SMILES string of the molecule is COC1(c2cc(F)cc(OCc3ccc(N(C)C(=O)n4cccc4)cc3)c2)CCOCC1. The molecule has 0 unspecified atom stereocenters. The Hall–Kier alpha value is -3.16. The van der Waals surface area contributed by atoms with E-state index in [0.29, 0.717) is 31.8 Å². The monoisotopic (exact) mass is 438 g/mol. The second-order valence-corrected chi connectivity index (χ2v) is 7.87. The summed E-state index contributed by atoms with van der Waals surface area (Å²) in [4.78, 5) is 14.0. The molecule has 1 saturated heterocycles. The quantitative estimate of drug-likeness (QED) is 0.546. The molecule has 0 spiro atoms. The first kappa shape index (κ1) is 22.0. The summed E-state index contributed by atoms with van der Waals surface area (Å²) in [6.45, 7) is 1.43. The zero-order valence-corrected chi connectivity index (χ0v) is 18.3. The molecule has 1 aliphatic rings. The molecule has 0 bridgehead atoms. The van der Waals surface area contributed by atoms with Crippen molar-refractivity contribution < 1.29 is 23.4 Å². The van der Waals surface area contributed by atoms with Crippen molar-refractivity contribution in [1.29, 1.82) is 0 Å². The number of ether oxygens (including phenoxy) is 3. The molecule has 4 rings (SSSR count). The van der Waals surface area contributed by atoms with Crippen molar-refractivity contribution in [1.82, 2.24) is 4.57 Å². The van der Waals surface area contributed by atoms with Gasteiger partial charge in [0.15, 0.2) is 0 Å². The van der Waals surface area contributed by atoms with Gasteiger partial charge in [-0.3, -0.25) is 9.47 Å². The fraction of sp³-hybridized carbons (Fsp3) is 0.320. The summed E-state index contributed by atoms with van der Waals surface area (Å²) in [5.74, 6) is 0.0906. The average Bonchev–Trinajstić information content (AvgIpc) is 3.37. The zero-order valence-electron chi connectivity index (χ0n) is 18.3. The molecule has 2 aromatic carbocycles. The van der Waals surface area contributed by atoms with Crippen LogP contribution in [-0.4, -0.2) is 38.0 Å². The number of aromatic nitrogens is 1. The highest BCUT2D eigenvalue weighted by atomic mass is 19.1. The van der Waals surface area contributed by atoms with Crippen LogP contribution in [-0.2, 0) is 21.7 Å². The van der Waals surface area contributed by atoms with E-state index in [0.717, 1.165) is 16.8 Å². The lowest BCUT2D eigenvalue weighted by Crippen LogP contribution is -2.35. The molecule has 0 N–H and O–H groups in total. The van der Waals surface area contributed by atoms with Crippen LogP contribution in [0.1, 0.15) is 24.0 Å². The molecular formula is C25H27FN2O4. The van der Waals surface area contributed by atoms with E-state index in [1.165, 1.54) is 16.7 Å². The second-order valence-electron chi connectivity index (χ2n) is 7.87. The van der Waals surface area contributed by atoms with Gasteiger partial charge in [0.2, 0.25) is 0 Å². The van der Waals surface area contributed by atoms with Crippen LogP contribution in [0.4, 0.5) is 14.9 Å². The van der Waals surface area contributed by atoms with Crippen LogP contribution in [0.3, 0.4) is 0 Å². The van der Waals surface area contributed by atoms with Crippen molar-refractivity contribution in [2.45, 2.75) is 25.0 Å². The number of rotatable bonds is 6. The van der Waals surface area contributed by atoms with E-state index in [2.05, 4.69) is 0 Å². The minimum atomic E-state index is -0.559. The molecule has 0 aliphatic carbocycles. The molecule has 1 aromatic heterocycles. The van der Waals surface area contributed by atoms with E-state index in [9.17, 15) is 9.18 Å². The Labute approximate surface area is 187 Å². The maximum absolute atomic E-state index is 14.3. The van der Waals surface area contributed by atoms with Crippen molar-refractivity contribution >= 4 is 11.7 Å². The number of halogens is 1. The molecule has 168 valence electrons. The number of hydrogen-bond donors (Lipinski definition) is 0. The van der Waals surface area contributed by atoms with Gasteiger partial charge in [-0.1, -0.05) is 12.1 Å². The number of anilines is 1. The standard InChI is InChI=1S/C25H27FN2O4/c1-27(24(29)28-11-3-4-12-28)22-7-5-19(6-8-22)18-32-23-16-20(15-21(26)17-23)25(30-2)9-13-31-14-10-25/h3-8,11-12,15-17H,9-10,13-14,18H2,1-2H3. The minimum Gasteiger partial charge on any atom is -0.489 e. The number of hydrogen-bond acceptors (Lipinski definition) is 4. The summed E-state index contributed by atoms with van der Waals surface area (Å²) in [5, 5.41) is 0. The highest BCUT2D eigenvalue weighted by Crippen LogP contribution is 2.37. The third-order valence-electron chi connectivity index (χ3n) is 5.93. The minimum absolute atomic E-state index is 0.147. The van der Waals surface area contributed by atoms with Crippen molar-refractivity contribution in [3.63, 3.8) is 0 Å². The zero-order chi connectivity index (χ0) is 22.6. The molecule has 0 saturated carbocycles. The highest BCUT2D eigenvalue weighted by Gasteiger charge is 2.35.